The minimum Gasteiger partial charge on any atom is -0.458 e. The lowest BCUT2D eigenvalue weighted by Crippen LogP contribution is -2.33. The number of halogens is 4. The lowest BCUT2D eigenvalue weighted by atomic mass is 10.00. The standard InChI is InChI=1S/C26H20NO2.BF4/c1-2-29-26(28)25-17-19(18-10-4-3-5-11-18)16-24-22-14-7-6-12-20(22)21-13-8-9-15-23(21)27(24)25;2-1(3,4)5/h3-17H,2H2,1H3;/q+1;-1. The van der Waals surface area contributed by atoms with E-state index in [1.54, 1.807) is 0 Å². The Labute approximate surface area is 193 Å². The zero-order valence-corrected chi connectivity index (χ0v) is 18.2. The molecular formula is C26H20BF4NO2. The van der Waals surface area contributed by atoms with Gasteiger partial charge in [0, 0.05) is 23.6 Å². The fourth-order valence-electron chi connectivity index (χ4n) is 4.04. The van der Waals surface area contributed by atoms with Crippen molar-refractivity contribution < 1.29 is 31.2 Å². The second-order valence-corrected chi connectivity index (χ2v) is 7.49. The molecule has 0 radical (unpaired) electrons. The smallest absolute Gasteiger partial charge is 0.458 e. The summed E-state index contributed by atoms with van der Waals surface area (Å²) >= 11 is 0. The maximum atomic E-state index is 13.0. The molecule has 5 aromatic rings. The number of nitrogens with zero attached hydrogens (tertiary/aromatic N) is 1. The van der Waals surface area contributed by atoms with Gasteiger partial charge in [-0.1, -0.05) is 60.7 Å². The molecule has 0 aliphatic heterocycles. The van der Waals surface area contributed by atoms with E-state index in [2.05, 4.69) is 48.5 Å². The van der Waals surface area contributed by atoms with Crippen molar-refractivity contribution in [3.05, 3.63) is 96.7 Å². The van der Waals surface area contributed by atoms with Gasteiger partial charge in [0.2, 0.25) is 11.0 Å². The molecule has 2 heterocycles. The molecule has 0 aliphatic rings. The van der Waals surface area contributed by atoms with Gasteiger partial charge in [-0.3, -0.25) is 0 Å². The monoisotopic (exact) mass is 465 g/mol. The Morgan fingerprint density at radius 1 is 0.735 bits per heavy atom. The van der Waals surface area contributed by atoms with Crippen LogP contribution < -0.4 is 4.40 Å². The van der Waals surface area contributed by atoms with E-state index < -0.39 is 7.25 Å². The molecule has 0 N–H and O–H groups in total. The van der Waals surface area contributed by atoms with Crippen LogP contribution in [0.15, 0.2) is 91.0 Å². The molecular weight excluding hydrogens is 445 g/mol. The van der Waals surface area contributed by atoms with Gasteiger partial charge >= 0.3 is 13.2 Å². The molecule has 0 saturated carbocycles. The zero-order valence-electron chi connectivity index (χ0n) is 18.2. The maximum Gasteiger partial charge on any atom is 0.673 e. The molecule has 0 fully saturated rings. The van der Waals surface area contributed by atoms with Gasteiger partial charge in [-0.15, -0.1) is 4.40 Å². The minimum atomic E-state index is -6.00. The van der Waals surface area contributed by atoms with Crippen molar-refractivity contribution in [1.82, 2.24) is 0 Å². The summed E-state index contributed by atoms with van der Waals surface area (Å²) in [4.78, 5) is 13.0. The first kappa shape index (κ1) is 23.2. The number of para-hydroxylation sites is 1. The Morgan fingerprint density at radius 2 is 1.26 bits per heavy atom. The summed E-state index contributed by atoms with van der Waals surface area (Å²) in [7, 11) is -6.00. The van der Waals surface area contributed by atoms with Crippen molar-refractivity contribution in [2.24, 2.45) is 0 Å². The van der Waals surface area contributed by atoms with Gasteiger partial charge in [0.15, 0.2) is 0 Å². The summed E-state index contributed by atoms with van der Waals surface area (Å²) < 4.78 is 46.5. The molecule has 3 aromatic carbocycles. The largest absolute Gasteiger partial charge is 0.673 e. The van der Waals surface area contributed by atoms with Crippen LogP contribution in [-0.4, -0.2) is 19.8 Å². The zero-order chi connectivity index (χ0) is 24.3. The molecule has 0 saturated heterocycles. The molecule has 3 nitrogen and oxygen atoms in total. The maximum absolute atomic E-state index is 13.0. The van der Waals surface area contributed by atoms with E-state index in [4.69, 9.17) is 4.74 Å². The molecule has 172 valence electrons. The first-order valence-corrected chi connectivity index (χ1v) is 10.7. The highest BCUT2D eigenvalue weighted by Crippen LogP contribution is 2.29. The second kappa shape index (κ2) is 9.51. The second-order valence-electron chi connectivity index (χ2n) is 7.49. The van der Waals surface area contributed by atoms with E-state index in [-0.39, 0.29) is 5.97 Å². The third-order valence-corrected chi connectivity index (χ3v) is 5.30. The van der Waals surface area contributed by atoms with Crippen LogP contribution in [0.2, 0.25) is 0 Å². The van der Waals surface area contributed by atoms with Gasteiger partial charge in [0.25, 0.3) is 5.69 Å². The predicted octanol–water partition coefficient (Wildman–Crippen LogP) is 6.88. The number of hydrogen-bond donors (Lipinski definition) is 0. The van der Waals surface area contributed by atoms with Crippen LogP contribution in [0.4, 0.5) is 17.3 Å². The van der Waals surface area contributed by atoms with Crippen LogP contribution >= 0.6 is 0 Å². The summed E-state index contributed by atoms with van der Waals surface area (Å²) in [5.41, 5.74) is 4.57. The number of benzene rings is 3. The number of aromatic nitrogens is 1. The van der Waals surface area contributed by atoms with Gasteiger partial charge in [-0.25, -0.2) is 4.79 Å². The third kappa shape index (κ3) is 4.86. The molecule has 0 atom stereocenters. The Bertz CT molecular complexity index is 1480. The van der Waals surface area contributed by atoms with Gasteiger partial charge in [0.1, 0.15) is 0 Å². The quantitative estimate of drug-likeness (QED) is 0.0957. The minimum absolute atomic E-state index is 0.319. The van der Waals surface area contributed by atoms with Gasteiger partial charge < -0.3 is 22.0 Å². The fourth-order valence-corrected chi connectivity index (χ4v) is 4.04. The summed E-state index contributed by atoms with van der Waals surface area (Å²) in [6, 6.07) is 30.8. The SMILES string of the molecule is CCOC(=O)c1cc(-c2ccccc2)cc2c3ccccc3c3ccccc3[n+]12.F[B-](F)(F)F. The van der Waals surface area contributed by atoms with Crippen LogP contribution in [0.3, 0.4) is 0 Å². The Kier molecular flexibility index (Phi) is 6.50. The lowest BCUT2D eigenvalue weighted by Gasteiger charge is -2.09. The molecule has 0 spiro atoms. The van der Waals surface area contributed by atoms with Crippen LogP contribution in [0.1, 0.15) is 17.4 Å². The van der Waals surface area contributed by atoms with Gasteiger partial charge in [0.05, 0.1) is 17.4 Å². The van der Waals surface area contributed by atoms with E-state index in [9.17, 15) is 22.1 Å². The number of carbonyl (C=O) groups is 1. The molecule has 0 aliphatic carbocycles. The van der Waals surface area contributed by atoms with Crippen molar-refractivity contribution in [3.8, 4) is 11.1 Å². The highest BCUT2D eigenvalue weighted by molar-refractivity contribution is 6.50. The van der Waals surface area contributed by atoms with Crippen molar-refractivity contribution in [2.45, 2.75) is 6.92 Å². The summed E-state index contributed by atoms with van der Waals surface area (Å²) in [6.07, 6.45) is 0. The Morgan fingerprint density at radius 3 is 1.88 bits per heavy atom. The topological polar surface area (TPSA) is 30.4 Å². The lowest BCUT2D eigenvalue weighted by molar-refractivity contribution is -0.484. The number of ether oxygens (including phenoxy) is 1. The van der Waals surface area contributed by atoms with E-state index in [1.165, 1.54) is 5.39 Å². The predicted molar refractivity (Wildman–Crippen MR) is 126 cm³/mol. The van der Waals surface area contributed by atoms with Gasteiger partial charge in [-0.2, -0.15) is 0 Å². The molecule has 8 heteroatoms. The molecule has 34 heavy (non-hydrogen) atoms. The van der Waals surface area contributed by atoms with E-state index in [0.29, 0.717) is 12.3 Å². The van der Waals surface area contributed by atoms with Crippen LogP contribution in [0.25, 0.3) is 38.3 Å². The Hall–Kier alpha value is -3.94. The summed E-state index contributed by atoms with van der Waals surface area (Å²) in [5, 5.41) is 3.39. The average Bonchev–Trinajstić information content (AvgIpc) is 2.83. The van der Waals surface area contributed by atoms with Crippen molar-refractivity contribution >= 4 is 40.4 Å². The summed E-state index contributed by atoms with van der Waals surface area (Å²) in [6.45, 7) is 2.17. The van der Waals surface area contributed by atoms with Crippen molar-refractivity contribution in [3.63, 3.8) is 0 Å². The number of rotatable bonds is 3. The molecule has 5 rings (SSSR count). The highest BCUT2D eigenvalue weighted by atomic mass is 19.5. The highest BCUT2D eigenvalue weighted by Gasteiger charge is 2.26. The molecule has 0 bridgehead atoms. The number of fused-ring (bicyclic) bond motifs is 6. The van der Waals surface area contributed by atoms with Crippen LogP contribution in [-0.2, 0) is 4.74 Å². The first-order chi connectivity index (χ1) is 16.3. The van der Waals surface area contributed by atoms with Crippen LogP contribution in [0, 0.1) is 0 Å². The van der Waals surface area contributed by atoms with Crippen molar-refractivity contribution in [1.29, 1.82) is 0 Å². The number of esters is 1. The molecule has 2 aromatic heterocycles. The fraction of sp³-hybridized carbons (Fsp3) is 0.0769. The third-order valence-electron chi connectivity index (χ3n) is 5.30. The van der Waals surface area contributed by atoms with Gasteiger partial charge in [-0.05, 0) is 30.2 Å². The average molecular weight is 465 g/mol. The first-order valence-electron chi connectivity index (χ1n) is 10.7. The summed E-state index contributed by atoms with van der Waals surface area (Å²) in [5.74, 6) is -0.319. The number of pyridine rings is 2. The number of hydrogen-bond acceptors (Lipinski definition) is 2. The van der Waals surface area contributed by atoms with E-state index in [0.717, 1.165) is 32.9 Å². The Balaban J connectivity index is 0.000000499. The van der Waals surface area contributed by atoms with E-state index in [1.807, 2.05) is 53.8 Å². The molecule has 0 unspecified atom stereocenters. The van der Waals surface area contributed by atoms with Crippen molar-refractivity contribution in [2.75, 3.05) is 6.61 Å². The van der Waals surface area contributed by atoms with E-state index >= 15 is 0 Å². The number of carbonyl (C=O) groups excluding carboxylic acids is 1. The normalized spacial score (nSPS) is 11.3. The molecule has 0 amide bonds. The van der Waals surface area contributed by atoms with Crippen LogP contribution in [0.5, 0.6) is 0 Å².